The molecule has 1 aromatic rings. The number of carbonyl (C=O) groups excluding carboxylic acids is 1. The van der Waals surface area contributed by atoms with Gasteiger partial charge in [-0.3, -0.25) is 4.68 Å². The second kappa shape index (κ2) is 7.45. The van der Waals surface area contributed by atoms with E-state index in [0.717, 1.165) is 24.8 Å². The third-order valence-corrected chi connectivity index (χ3v) is 3.70. The highest BCUT2D eigenvalue weighted by Gasteiger charge is 2.32. The predicted molar refractivity (Wildman–Crippen MR) is 80.9 cm³/mol. The minimum absolute atomic E-state index is 0.000457. The van der Waals surface area contributed by atoms with Crippen molar-refractivity contribution in [1.82, 2.24) is 20.0 Å². The van der Waals surface area contributed by atoms with Crippen molar-refractivity contribution < 1.29 is 9.53 Å². The summed E-state index contributed by atoms with van der Waals surface area (Å²) in [6.45, 7) is 5.91. The van der Waals surface area contributed by atoms with E-state index in [0.29, 0.717) is 25.7 Å². The number of nitrogens with one attached hydrogen (secondary N) is 1. The molecule has 2 amide bonds. The number of aryl methyl sites for hydroxylation is 1. The summed E-state index contributed by atoms with van der Waals surface area (Å²) in [5, 5.41) is 7.16. The minimum atomic E-state index is -0.000457. The van der Waals surface area contributed by atoms with Crippen LogP contribution in [0, 0.1) is 0 Å². The third-order valence-electron chi connectivity index (χ3n) is 3.70. The van der Waals surface area contributed by atoms with Gasteiger partial charge in [0.25, 0.3) is 0 Å². The first-order chi connectivity index (χ1) is 10.1. The molecule has 0 bridgehead atoms. The second-order valence-corrected chi connectivity index (χ2v) is 5.55. The molecule has 2 rings (SSSR count). The van der Waals surface area contributed by atoms with Crippen LogP contribution in [0.2, 0.25) is 0 Å². The summed E-state index contributed by atoms with van der Waals surface area (Å²) in [7, 11) is 1.89. The van der Waals surface area contributed by atoms with E-state index in [1.54, 1.807) is 4.68 Å². The largest absolute Gasteiger partial charge is 0.377 e. The fourth-order valence-electron chi connectivity index (χ4n) is 2.36. The van der Waals surface area contributed by atoms with E-state index in [2.05, 4.69) is 17.3 Å². The lowest BCUT2D eigenvalue weighted by atomic mass is 10.3. The van der Waals surface area contributed by atoms with Gasteiger partial charge in [-0.1, -0.05) is 6.92 Å². The molecule has 6 heteroatoms. The molecule has 118 valence electrons. The number of rotatable bonds is 8. The Hall–Kier alpha value is -1.56. The molecule has 1 fully saturated rings. The van der Waals surface area contributed by atoms with Gasteiger partial charge in [-0.25, -0.2) is 4.79 Å². The highest BCUT2D eigenvalue weighted by molar-refractivity contribution is 5.75. The molecule has 1 N–H and O–H groups in total. The van der Waals surface area contributed by atoms with Gasteiger partial charge in [-0.2, -0.15) is 5.10 Å². The summed E-state index contributed by atoms with van der Waals surface area (Å²) in [5.74, 6) is 0. The number of hydrogen-bond donors (Lipinski definition) is 1. The van der Waals surface area contributed by atoms with Gasteiger partial charge < -0.3 is 15.0 Å². The Morgan fingerprint density at radius 2 is 2.33 bits per heavy atom. The summed E-state index contributed by atoms with van der Waals surface area (Å²) in [6.07, 6.45) is 6.96. The fourth-order valence-corrected chi connectivity index (χ4v) is 2.36. The van der Waals surface area contributed by atoms with Gasteiger partial charge in [-0.05, 0) is 26.2 Å². The average Bonchev–Trinajstić information content (AvgIpc) is 3.23. The molecule has 0 spiro atoms. The molecule has 1 saturated carbocycles. The van der Waals surface area contributed by atoms with E-state index in [4.69, 9.17) is 4.74 Å². The van der Waals surface area contributed by atoms with Crippen molar-refractivity contribution in [3.8, 4) is 0 Å². The van der Waals surface area contributed by atoms with Gasteiger partial charge in [0.15, 0.2) is 0 Å². The number of hydrogen-bond acceptors (Lipinski definition) is 3. The lowest BCUT2D eigenvalue weighted by molar-refractivity contribution is 0.0603. The van der Waals surface area contributed by atoms with Crippen LogP contribution in [0.1, 0.15) is 38.7 Å². The molecular weight excluding hydrogens is 268 g/mol. The van der Waals surface area contributed by atoms with Gasteiger partial charge >= 0.3 is 6.03 Å². The summed E-state index contributed by atoms with van der Waals surface area (Å²) < 4.78 is 7.34. The summed E-state index contributed by atoms with van der Waals surface area (Å²) in [6, 6.07) is 0.372. The Morgan fingerprint density at radius 3 is 2.86 bits per heavy atom. The van der Waals surface area contributed by atoms with Crippen molar-refractivity contribution >= 4 is 6.03 Å². The maximum absolute atomic E-state index is 12.4. The number of aromatic nitrogens is 2. The quantitative estimate of drug-likeness (QED) is 0.796. The normalized spacial score (nSPS) is 15.8. The number of ether oxygens (including phenoxy) is 1. The molecule has 0 unspecified atom stereocenters. The van der Waals surface area contributed by atoms with Crippen LogP contribution in [0.3, 0.4) is 0 Å². The molecule has 1 atom stereocenters. The molecular formula is C15H26N4O2. The number of amides is 2. The summed E-state index contributed by atoms with van der Waals surface area (Å²) in [4.78, 5) is 14.3. The Labute approximate surface area is 126 Å². The monoisotopic (exact) mass is 294 g/mol. The fraction of sp³-hybridized carbons (Fsp3) is 0.733. The van der Waals surface area contributed by atoms with E-state index in [1.165, 1.54) is 0 Å². The number of nitrogens with zero attached hydrogens (tertiary/aromatic N) is 3. The van der Waals surface area contributed by atoms with Gasteiger partial charge in [0.05, 0.1) is 18.8 Å². The molecule has 21 heavy (non-hydrogen) atoms. The zero-order chi connectivity index (χ0) is 15.2. The van der Waals surface area contributed by atoms with Crippen molar-refractivity contribution in [2.75, 3.05) is 13.2 Å². The van der Waals surface area contributed by atoms with Crippen molar-refractivity contribution in [1.29, 1.82) is 0 Å². The molecule has 1 aromatic heterocycles. The maximum atomic E-state index is 12.4. The first-order valence-corrected chi connectivity index (χ1v) is 7.77. The molecule has 0 saturated heterocycles. The van der Waals surface area contributed by atoms with Crippen molar-refractivity contribution in [2.45, 2.75) is 51.8 Å². The lowest BCUT2D eigenvalue weighted by Gasteiger charge is -2.24. The molecule has 0 aromatic carbocycles. The minimum Gasteiger partial charge on any atom is -0.377 e. The average molecular weight is 294 g/mol. The van der Waals surface area contributed by atoms with Crippen LogP contribution in [-0.4, -0.2) is 46.0 Å². The van der Waals surface area contributed by atoms with E-state index >= 15 is 0 Å². The maximum Gasteiger partial charge on any atom is 0.318 e. The van der Waals surface area contributed by atoms with E-state index in [-0.39, 0.29) is 12.1 Å². The van der Waals surface area contributed by atoms with E-state index in [9.17, 15) is 4.79 Å². The van der Waals surface area contributed by atoms with Crippen LogP contribution < -0.4 is 5.32 Å². The molecule has 0 radical (unpaired) electrons. The molecule has 1 aliphatic rings. The summed E-state index contributed by atoms with van der Waals surface area (Å²) >= 11 is 0. The standard InChI is InChI=1S/C15H26N4O2/c1-4-14(21-5-2)9-16-15(20)19(13-6-7-13)11-12-8-17-18(3)10-12/h8,10,13-14H,4-7,9,11H2,1-3H3,(H,16,20)/t14-/m1/s1. The van der Waals surface area contributed by atoms with E-state index in [1.807, 2.05) is 31.3 Å². The SMILES string of the molecule is CCO[C@H](CC)CNC(=O)N(Cc1cnn(C)c1)C1CC1. The van der Waals surface area contributed by atoms with Crippen molar-refractivity contribution in [2.24, 2.45) is 7.05 Å². The van der Waals surface area contributed by atoms with Gasteiger partial charge in [-0.15, -0.1) is 0 Å². The van der Waals surface area contributed by atoms with Gasteiger partial charge in [0.1, 0.15) is 0 Å². The van der Waals surface area contributed by atoms with Crippen LogP contribution in [0.25, 0.3) is 0 Å². The topological polar surface area (TPSA) is 59.4 Å². The molecule has 1 heterocycles. The van der Waals surface area contributed by atoms with Crippen LogP contribution in [0.5, 0.6) is 0 Å². The number of urea groups is 1. The van der Waals surface area contributed by atoms with Gasteiger partial charge in [0.2, 0.25) is 0 Å². The highest BCUT2D eigenvalue weighted by atomic mass is 16.5. The van der Waals surface area contributed by atoms with Crippen molar-refractivity contribution in [3.63, 3.8) is 0 Å². The Balaban J connectivity index is 1.87. The molecule has 1 aliphatic carbocycles. The van der Waals surface area contributed by atoms with E-state index < -0.39 is 0 Å². The number of carbonyl (C=O) groups is 1. The smallest absolute Gasteiger partial charge is 0.318 e. The summed E-state index contributed by atoms with van der Waals surface area (Å²) in [5.41, 5.74) is 1.07. The van der Waals surface area contributed by atoms with Crippen LogP contribution >= 0.6 is 0 Å². The molecule has 0 aliphatic heterocycles. The zero-order valence-electron chi connectivity index (χ0n) is 13.2. The Kier molecular flexibility index (Phi) is 5.61. The first kappa shape index (κ1) is 15.8. The highest BCUT2D eigenvalue weighted by Crippen LogP contribution is 2.28. The van der Waals surface area contributed by atoms with Crippen LogP contribution in [0.15, 0.2) is 12.4 Å². The molecule has 6 nitrogen and oxygen atoms in total. The second-order valence-electron chi connectivity index (χ2n) is 5.55. The van der Waals surface area contributed by atoms with Crippen LogP contribution in [-0.2, 0) is 18.3 Å². The third kappa shape index (κ3) is 4.74. The van der Waals surface area contributed by atoms with Crippen LogP contribution in [0.4, 0.5) is 4.79 Å². The predicted octanol–water partition coefficient (Wildman–Crippen LogP) is 1.91. The zero-order valence-corrected chi connectivity index (χ0v) is 13.2. The van der Waals surface area contributed by atoms with Crippen molar-refractivity contribution in [3.05, 3.63) is 18.0 Å². The van der Waals surface area contributed by atoms with Gasteiger partial charge in [0, 0.05) is 38.0 Å². The Morgan fingerprint density at radius 1 is 1.57 bits per heavy atom. The Bertz CT molecular complexity index is 456. The lowest BCUT2D eigenvalue weighted by Crippen LogP contribution is -2.44. The first-order valence-electron chi connectivity index (χ1n) is 7.77.